The van der Waals surface area contributed by atoms with E-state index in [-0.39, 0.29) is 18.3 Å². The number of carbonyl (C=O) groups excluding carboxylic acids is 1. The van der Waals surface area contributed by atoms with Crippen LogP contribution in [0.3, 0.4) is 0 Å². The molecule has 3 rings (SSSR count). The van der Waals surface area contributed by atoms with Crippen molar-refractivity contribution in [2.45, 2.75) is 13.5 Å². The van der Waals surface area contributed by atoms with Crippen LogP contribution in [0.4, 0.5) is 10.1 Å². The van der Waals surface area contributed by atoms with E-state index in [9.17, 15) is 14.0 Å². The first-order chi connectivity index (χ1) is 12.1. The number of halogens is 1. The molecule has 0 bridgehead atoms. The second-order valence-electron chi connectivity index (χ2n) is 5.31. The van der Waals surface area contributed by atoms with E-state index < -0.39 is 11.6 Å². The van der Waals surface area contributed by atoms with E-state index in [1.54, 1.807) is 4.90 Å². The fourth-order valence-electron chi connectivity index (χ4n) is 2.44. The van der Waals surface area contributed by atoms with Crippen molar-refractivity contribution in [1.82, 2.24) is 9.78 Å². The Kier molecular flexibility index (Phi) is 4.74. The Morgan fingerprint density at radius 2 is 1.84 bits per heavy atom. The van der Waals surface area contributed by atoms with Crippen molar-refractivity contribution >= 4 is 11.6 Å². The molecule has 1 amide bonds. The molecule has 7 heteroatoms. The number of para-hydroxylation sites is 1. The van der Waals surface area contributed by atoms with Crippen molar-refractivity contribution in [2.24, 2.45) is 0 Å². The summed E-state index contributed by atoms with van der Waals surface area (Å²) in [4.78, 5) is 26.0. The average Bonchev–Trinajstić information content (AvgIpc) is 2.98. The third-order valence-corrected chi connectivity index (χ3v) is 3.67. The van der Waals surface area contributed by atoms with Gasteiger partial charge in [-0.2, -0.15) is 4.68 Å². The molecule has 0 aliphatic rings. The van der Waals surface area contributed by atoms with Crippen molar-refractivity contribution in [2.75, 3.05) is 11.4 Å². The molecule has 0 fully saturated rings. The number of benzene rings is 2. The van der Waals surface area contributed by atoms with E-state index in [4.69, 9.17) is 4.42 Å². The maximum atomic E-state index is 13.0. The Labute approximate surface area is 143 Å². The lowest BCUT2D eigenvalue weighted by molar-refractivity contribution is -0.119. The van der Waals surface area contributed by atoms with E-state index in [1.807, 2.05) is 37.3 Å². The van der Waals surface area contributed by atoms with Crippen LogP contribution in [0.15, 0.2) is 63.8 Å². The first-order valence-corrected chi connectivity index (χ1v) is 7.78. The van der Waals surface area contributed by atoms with Crippen LogP contribution in [0.25, 0.3) is 11.5 Å². The van der Waals surface area contributed by atoms with Crippen LogP contribution in [0.1, 0.15) is 6.92 Å². The lowest BCUT2D eigenvalue weighted by Crippen LogP contribution is -2.36. The molecule has 6 nitrogen and oxygen atoms in total. The summed E-state index contributed by atoms with van der Waals surface area (Å²) in [7, 11) is 0. The normalized spacial score (nSPS) is 10.6. The van der Waals surface area contributed by atoms with Crippen molar-refractivity contribution in [3.8, 4) is 11.5 Å². The van der Waals surface area contributed by atoms with Crippen LogP contribution in [-0.2, 0) is 11.3 Å². The van der Waals surface area contributed by atoms with Crippen molar-refractivity contribution in [3.05, 3.63) is 71.0 Å². The van der Waals surface area contributed by atoms with Gasteiger partial charge in [-0.1, -0.05) is 18.2 Å². The lowest BCUT2D eigenvalue weighted by Gasteiger charge is -2.20. The second-order valence-corrected chi connectivity index (χ2v) is 5.31. The zero-order valence-electron chi connectivity index (χ0n) is 13.6. The average molecular weight is 341 g/mol. The van der Waals surface area contributed by atoms with Gasteiger partial charge in [0.25, 0.3) is 0 Å². The van der Waals surface area contributed by atoms with Gasteiger partial charge >= 0.3 is 5.76 Å². The molecule has 0 radical (unpaired) electrons. The number of carbonyl (C=O) groups is 1. The number of amides is 1. The number of hydrogen-bond acceptors (Lipinski definition) is 4. The Morgan fingerprint density at radius 3 is 2.48 bits per heavy atom. The van der Waals surface area contributed by atoms with Crippen LogP contribution in [0, 0.1) is 5.82 Å². The van der Waals surface area contributed by atoms with E-state index in [0.29, 0.717) is 12.1 Å². The Bertz CT molecular complexity index is 917. The first kappa shape index (κ1) is 16.6. The molecule has 1 aromatic heterocycles. The lowest BCUT2D eigenvalue weighted by atomic mass is 10.2. The minimum Gasteiger partial charge on any atom is -0.388 e. The SMILES string of the molecule is CCN(C(=O)Cn1nc(-c2ccc(F)cc2)oc1=O)c1ccccc1. The topological polar surface area (TPSA) is 68.3 Å². The van der Waals surface area contributed by atoms with Gasteiger partial charge in [0, 0.05) is 17.8 Å². The third-order valence-electron chi connectivity index (χ3n) is 3.67. The molecule has 0 saturated heterocycles. The summed E-state index contributed by atoms with van der Waals surface area (Å²) in [5.41, 5.74) is 1.20. The molecule has 3 aromatic rings. The number of hydrogen-bond donors (Lipinski definition) is 0. The van der Waals surface area contributed by atoms with E-state index in [1.165, 1.54) is 24.3 Å². The highest BCUT2D eigenvalue weighted by Crippen LogP contribution is 2.16. The zero-order valence-corrected chi connectivity index (χ0v) is 13.6. The summed E-state index contributed by atoms with van der Waals surface area (Å²) in [6.07, 6.45) is 0. The Hall–Kier alpha value is -3.22. The minimum absolute atomic E-state index is 0.0422. The quantitative estimate of drug-likeness (QED) is 0.715. The first-order valence-electron chi connectivity index (χ1n) is 7.78. The number of likely N-dealkylation sites (N-methyl/N-ethyl adjacent to an activating group) is 1. The molecular weight excluding hydrogens is 325 g/mol. The summed E-state index contributed by atoms with van der Waals surface area (Å²) in [6.45, 7) is 2.06. The highest BCUT2D eigenvalue weighted by Gasteiger charge is 2.18. The molecule has 0 spiro atoms. The predicted octanol–water partition coefficient (Wildman–Crippen LogP) is 2.70. The number of nitrogens with zero attached hydrogens (tertiary/aromatic N) is 3. The highest BCUT2D eigenvalue weighted by atomic mass is 19.1. The molecule has 2 aromatic carbocycles. The zero-order chi connectivity index (χ0) is 17.8. The summed E-state index contributed by atoms with van der Waals surface area (Å²) >= 11 is 0. The van der Waals surface area contributed by atoms with Crippen molar-refractivity contribution in [3.63, 3.8) is 0 Å². The molecule has 1 heterocycles. The molecule has 0 atom stereocenters. The second kappa shape index (κ2) is 7.12. The van der Waals surface area contributed by atoms with Gasteiger partial charge in [-0.25, -0.2) is 9.18 Å². The Balaban J connectivity index is 1.82. The van der Waals surface area contributed by atoms with Gasteiger partial charge in [0.15, 0.2) is 0 Å². The summed E-state index contributed by atoms with van der Waals surface area (Å²) in [5.74, 6) is -1.38. The minimum atomic E-state index is -0.739. The number of aromatic nitrogens is 2. The van der Waals surface area contributed by atoms with Crippen molar-refractivity contribution < 1.29 is 13.6 Å². The van der Waals surface area contributed by atoms with Crippen LogP contribution in [0.2, 0.25) is 0 Å². The predicted molar refractivity (Wildman–Crippen MR) is 90.6 cm³/mol. The molecule has 0 saturated carbocycles. The van der Waals surface area contributed by atoms with Crippen LogP contribution in [0.5, 0.6) is 0 Å². The standard InChI is InChI=1S/C18H16FN3O3/c1-2-21(15-6-4-3-5-7-15)16(23)12-22-18(24)25-17(20-22)13-8-10-14(19)11-9-13/h3-11H,2,12H2,1H3. The highest BCUT2D eigenvalue weighted by molar-refractivity contribution is 5.93. The van der Waals surface area contributed by atoms with E-state index in [0.717, 1.165) is 10.4 Å². The molecule has 0 aliphatic heterocycles. The number of anilines is 1. The molecule has 0 aliphatic carbocycles. The van der Waals surface area contributed by atoms with Gasteiger partial charge in [-0.15, -0.1) is 5.10 Å². The largest absolute Gasteiger partial charge is 0.437 e. The molecule has 128 valence electrons. The Morgan fingerprint density at radius 1 is 1.16 bits per heavy atom. The maximum absolute atomic E-state index is 13.0. The maximum Gasteiger partial charge on any atom is 0.437 e. The number of rotatable bonds is 5. The van der Waals surface area contributed by atoms with Gasteiger partial charge in [0.2, 0.25) is 11.8 Å². The van der Waals surface area contributed by atoms with Gasteiger partial charge in [-0.05, 0) is 43.3 Å². The summed E-state index contributed by atoms with van der Waals surface area (Å²) in [5, 5.41) is 4.03. The smallest absolute Gasteiger partial charge is 0.388 e. The summed E-state index contributed by atoms with van der Waals surface area (Å²) in [6, 6.07) is 14.6. The van der Waals surface area contributed by atoms with Gasteiger partial charge in [-0.3, -0.25) is 4.79 Å². The van der Waals surface area contributed by atoms with Crippen molar-refractivity contribution in [1.29, 1.82) is 0 Å². The molecule has 0 unspecified atom stereocenters. The van der Waals surface area contributed by atoms with E-state index >= 15 is 0 Å². The van der Waals surface area contributed by atoms with Gasteiger partial charge in [0.1, 0.15) is 12.4 Å². The van der Waals surface area contributed by atoms with Gasteiger partial charge in [0.05, 0.1) is 0 Å². The molecule has 25 heavy (non-hydrogen) atoms. The van der Waals surface area contributed by atoms with Crippen LogP contribution >= 0.6 is 0 Å². The van der Waals surface area contributed by atoms with Crippen LogP contribution in [-0.4, -0.2) is 22.2 Å². The monoisotopic (exact) mass is 341 g/mol. The third kappa shape index (κ3) is 3.65. The van der Waals surface area contributed by atoms with E-state index in [2.05, 4.69) is 5.10 Å². The van der Waals surface area contributed by atoms with Crippen LogP contribution < -0.4 is 10.7 Å². The van der Waals surface area contributed by atoms with Gasteiger partial charge < -0.3 is 9.32 Å². The summed E-state index contributed by atoms with van der Waals surface area (Å²) < 4.78 is 19.0. The fraction of sp³-hybridized carbons (Fsp3) is 0.167. The fourth-order valence-corrected chi connectivity index (χ4v) is 2.44. The molecule has 0 N–H and O–H groups in total. The molecular formula is C18H16FN3O3.